The summed E-state index contributed by atoms with van der Waals surface area (Å²) < 4.78 is 2.40. The Kier molecular flexibility index (Phi) is 9.88. The number of hydrogen-bond acceptors (Lipinski definition) is 3. The van der Waals surface area contributed by atoms with Gasteiger partial charge < -0.3 is 19.3 Å². The lowest BCUT2D eigenvalue weighted by Crippen LogP contribution is -2.09. The second-order valence-electron chi connectivity index (χ2n) is 15.7. The fourth-order valence-electron chi connectivity index (χ4n) is 8.49. The Morgan fingerprint density at radius 3 is 0.852 bits per heavy atom. The molecule has 0 amide bonds. The molecule has 0 radical (unpaired) electrons. The highest BCUT2D eigenvalue weighted by molar-refractivity contribution is 6.11. The molecule has 0 saturated heterocycles. The molecule has 0 saturated carbocycles. The van der Waals surface area contributed by atoms with Gasteiger partial charge in [0.25, 0.3) is 0 Å². The molecule has 10 rings (SSSR count). The molecule has 0 spiro atoms. The van der Waals surface area contributed by atoms with Crippen molar-refractivity contribution in [2.45, 2.75) is 0 Å². The molecule has 1 heterocycles. The third-order valence-electron chi connectivity index (χ3n) is 12.1. The SMILES string of the molecule is CN(c1ccc(-c2ccccc2)cc1)c1ccc(-n2c3ccc(N(C)c4ccc(-c5ccccc5)cc4)cc3c3cc(N(C)c4ccc(-c5ccccc5)cc4)ccc32)cc1. The van der Waals surface area contributed by atoms with Crippen LogP contribution < -0.4 is 14.7 Å². The number of rotatable bonds is 10. The van der Waals surface area contributed by atoms with Crippen molar-refractivity contribution in [3.05, 3.63) is 224 Å². The van der Waals surface area contributed by atoms with Gasteiger partial charge in [-0.25, -0.2) is 0 Å². The topological polar surface area (TPSA) is 14.7 Å². The number of hydrogen-bond donors (Lipinski definition) is 0. The van der Waals surface area contributed by atoms with E-state index in [0.29, 0.717) is 0 Å². The highest BCUT2D eigenvalue weighted by atomic mass is 15.1. The molecule has 4 heteroatoms. The van der Waals surface area contributed by atoms with Gasteiger partial charge in [0.15, 0.2) is 0 Å². The summed E-state index contributed by atoms with van der Waals surface area (Å²) >= 11 is 0. The Labute approximate surface area is 358 Å². The quantitative estimate of drug-likeness (QED) is 0.137. The van der Waals surface area contributed by atoms with Crippen LogP contribution in [0.3, 0.4) is 0 Å². The predicted octanol–water partition coefficient (Wildman–Crippen LogP) is 15.1. The molecule has 294 valence electrons. The van der Waals surface area contributed by atoms with E-state index >= 15 is 0 Å². The van der Waals surface area contributed by atoms with Crippen LogP contribution in [0.15, 0.2) is 224 Å². The molecule has 0 N–H and O–H groups in total. The van der Waals surface area contributed by atoms with E-state index in [1.807, 2.05) is 0 Å². The largest absolute Gasteiger partial charge is 0.345 e. The number of benzene rings is 9. The number of fused-ring (bicyclic) bond motifs is 3. The van der Waals surface area contributed by atoms with Gasteiger partial charge in [-0.2, -0.15) is 0 Å². The second-order valence-corrected chi connectivity index (χ2v) is 15.7. The smallest absolute Gasteiger partial charge is 0.0542 e. The third-order valence-corrected chi connectivity index (χ3v) is 12.1. The van der Waals surface area contributed by atoms with Crippen LogP contribution in [0.2, 0.25) is 0 Å². The Morgan fingerprint density at radius 1 is 0.262 bits per heavy atom. The molecule has 0 bridgehead atoms. The van der Waals surface area contributed by atoms with E-state index in [2.05, 4.69) is 265 Å². The van der Waals surface area contributed by atoms with Gasteiger partial charge >= 0.3 is 0 Å². The molecule has 10 aromatic rings. The zero-order chi connectivity index (χ0) is 41.3. The number of nitrogens with zero attached hydrogens (tertiary/aromatic N) is 4. The first-order chi connectivity index (χ1) is 30.0. The minimum absolute atomic E-state index is 1.12. The van der Waals surface area contributed by atoms with Crippen LogP contribution in [-0.2, 0) is 0 Å². The van der Waals surface area contributed by atoms with E-state index in [4.69, 9.17) is 0 Å². The van der Waals surface area contributed by atoms with Gasteiger partial charge in [0, 0.05) is 71.7 Å². The van der Waals surface area contributed by atoms with Crippen molar-refractivity contribution < 1.29 is 0 Å². The standard InChI is InChI=1S/C57H46N4/c1-58(47-25-19-44(20-26-47)41-13-7-4-8-14-41)50-31-33-51(34-32-50)61-56-37-35-52(59(2)48-27-21-45(22-28-48)42-15-9-5-10-16-42)39-54(56)55-40-53(36-38-57(55)61)60(3)49-29-23-46(24-30-49)43-17-11-6-12-18-43/h4-40H,1-3H3. The lowest BCUT2D eigenvalue weighted by molar-refractivity contribution is 1.16. The van der Waals surface area contributed by atoms with Gasteiger partial charge in [0.2, 0.25) is 0 Å². The van der Waals surface area contributed by atoms with E-state index in [9.17, 15) is 0 Å². The summed E-state index contributed by atoms with van der Waals surface area (Å²) in [6, 6.07) is 80.8. The average Bonchev–Trinajstić information content (AvgIpc) is 3.67. The zero-order valence-corrected chi connectivity index (χ0v) is 34.7. The summed E-state index contributed by atoms with van der Waals surface area (Å²) in [7, 11) is 6.44. The summed E-state index contributed by atoms with van der Waals surface area (Å²) in [6.45, 7) is 0. The molecule has 61 heavy (non-hydrogen) atoms. The van der Waals surface area contributed by atoms with Gasteiger partial charge in [0.1, 0.15) is 0 Å². The van der Waals surface area contributed by atoms with Crippen molar-refractivity contribution >= 4 is 55.9 Å². The van der Waals surface area contributed by atoms with E-state index in [1.54, 1.807) is 0 Å². The molecule has 0 aliphatic carbocycles. The zero-order valence-electron chi connectivity index (χ0n) is 34.7. The molecular weight excluding hydrogens is 741 g/mol. The lowest BCUT2D eigenvalue weighted by atomic mass is 10.0. The Bertz CT molecular complexity index is 2920. The van der Waals surface area contributed by atoms with Crippen LogP contribution in [0.25, 0.3) is 60.9 Å². The molecule has 0 fully saturated rings. The fraction of sp³-hybridized carbons (Fsp3) is 0.0526. The maximum Gasteiger partial charge on any atom is 0.0542 e. The van der Waals surface area contributed by atoms with Gasteiger partial charge in [-0.1, -0.05) is 127 Å². The summed E-state index contributed by atoms with van der Waals surface area (Å²) in [5.41, 5.74) is 17.5. The molecular formula is C57H46N4. The molecule has 0 atom stereocenters. The van der Waals surface area contributed by atoms with Crippen molar-refractivity contribution in [1.29, 1.82) is 0 Å². The van der Waals surface area contributed by atoms with E-state index in [1.165, 1.54) is 44.2 Å². The highest BCUT2D eigenvalue weighted by Gasteiger charge is 2.17. The molecule has 0 unspecified atom stereocenters. The Hall–Kier alpha value is -7.82. The van der Waals surface area contributed by atoms with Gasteiger partial charge in [0.05, 0.1) is 11.0 Å². The summed E-state index contributed by atoms with van der Waals surface area (Å²) in [4.78, 5) is 6.80. The average molecular weight is 787 g/mol. The van der Waals surface area contributed by atoms with Crippen molar-refractivity contribution in [3.8, 4) is 39.1 Å². The third kappa shape index (κ3) is 7.30. The highest BCUT2D eigenvalue weighted by Crippen LogP contribution is 2.39. The van der Waals surface area contributed by atoms with Crippen LogP contribution in [0.4, 0.5) is 34.1 Å². The number of aromatic nitrogens is 1. The maximum atomic E-state index is 2.40. The summed E-state index contributed by atoms with van der Waals surface area (Å²) in [5.74, 6) is 0. The first-order valence-electron chi connectivity index (χ1n) is 20.8. The van der Waals surface area contributed by atoms with E-state index in [-0.39, 0.29) is 0 Å². The predicted molar refractivity (Wildman–Crippen MR) is 261 cm³/mol. The molecule has 0 aliphatic heterocycles. The maximum absolute atomic E-state index is 2.40. The van der Waals surface area contributed by atoms with Crippen LogP contribution in [0.1, 0.15) is 0 Å². The van der Waals surface area contributed by atoms with E-state index < -0.39 is 0 Å². The minimum atomic E-state index is 1.12. The monoisotopic (exact) mass is 786 g/mol. The van der Waals surface area contributed by atoms with Crippen molar-refractivity contribution in [1.82, 2.24) is 4.57 Å². The van der Waals surface area contributed by atoms with Crippen molar-refractivity contribution in [2.75, 3.05) is 35.8 Å². The Morgan fingerprint density at radius 2 is 0.525 bits per heavy atom. The normalized spacial score (nSPS) is 11.2. The molecule has 0 aliphatic rings. The molecule has 9 aromatic carbocycles. The number of anilines is 6. The minimum Gasteiger partial charge on any atom is -0.345 e. The van der Waals surface area contributed by atoms with Crippen LogP contribution in [0, 0.1) is 0 Å². The summed E-state index contributed by atoms with van der Waals surface area (Å²) in [5, 5.41) is 2.41. The molecule has 4 nitrogen and oxygen atoms in total. The van der Waals surface area contributed by atoms with Crippen LogP contribution in [-0.4, -0.2) is 25.7 Å². The summed E-state index contributed by atoms with van der Waals surface area (Å²) in [6.07, 6.45) is 0. The lowest BCUT2D eigenvalue weighted by Gasteiger charge is -2.21. The van der Waals surface area contributed by atoms with Gasteiger partial charge in [-0.05, 0) is 130 Å². The fourth-order valence-corrected chi connectivity index (χ4v) is 8.49. The molecule has 1 aromatic heterocycles. The first-order valence-corrected chi connectivity index (χ1v) is 20.8. The van der Waals surface area contributed by atoms with E-state index in [0.717, 1.165) is 50.8 Å². The van der Waals surface area contributed by atoms with Crippen molar-refractivity contribution in [2.24, 2.45) is 0 Å². The van der Waals surface area contributed by atoms with Crippen LogP contribution >= 0.6 is 0 Å². The van der Waals surface area contributed by atoms with Crippen LogP contribution in [0.5, 0.6) is 0 Å². The first kappa shape index (κ1) is 37.5. The van der Waals surface area contributed by atoms with Crippen molar-refractivity contribution in [3.63, 3.8) is 0 Å². The second kappa shape index (κ2) is 16.1. The van der Waals surface area contributed by atoms with Gasteiger partial charge in [-0.3, -0.25) is 0 Å². The Balaban J connectivity index is 1.01. The van der Waals surface area contributed by atoms with Gasteiger partial charge in [-0.15, -0.1) is 0 Å².